The van der Waals surface area contributed by atoms with Crippen LogP contribution in [-0.4, -0.2) is 39.7 Å². The number of fused-ring (bicyclic) bond motifs is 1. The third kappa shape index (κ3) is 5.15. The topological polar surface area (TPSA) is 91.4 Å². The number of nitrogens with one attached hydrogen (secondary N) is 2. The molecular formula is C29H30N4O3. The minimum atomic E-state index is -0.472. The first kappa shape index (κ1) is 23.7. The molecule has 0 spiro atoms. The van der Waals surface area contributed by atoms with Gasteiger partial charge in [0, 0.05) is 41.8 Å². The number of hydrogen-bond donors (Lipinski definition) is 2. The number of hydrogen-bond acceptors (Lipinski definition) is 4. The van der Waals surface area contributed by atoms with Gasteiger partial charge in [-0.2, -0.15) is 0 Å². The molecule has 7 heteroatoms. The van der Waals surface area contributed by atoms with E-state index in [1.165, 1.54) is 0 Å². The molecule has 0 bridgehead atoms. The van der Waals surface area contributed by atoms with E-state index in [9.17, 15) is 14.4 Å². The summed E-state index contributed by atoms with van der Waals surface area (Å²) in [6.45, 7) is 0.316. The van der Waals surface area contributed by atoms with E-state index in [1.54, 1.807) is 24.5 Å². The highest BCUT2D eigenvalue weighted by Gasteiger charge is 2.47. The average molecular weight is 483 g/mol. The average Bonchev–Trinajstić information content (AvgIpc) is 3.32. The second-order valence-electron chi connectivity index (χ2n) is 9.55. The molecule has 2 aromatic carbocycles. The van der Waals surface area contributed by atoms with Crippen LogP contribution in [0.15, 0.2) is 79.1 Å². The van der Waals surface area contributed by atoms with Gasteiger partial charge in [0.1, 0.15) is 6.04 Å². The van der Waals surface area contributed by atoms with Gasteiger partial charge in [0.2, 0.25) is 5.91 Å². The van der Waals surface area contributed by atoms with E-state index in [-0.39, 0.29) is 23.8 Å². The summed E-state index contributed by atoms with van der Waals surface area (Å²) in [5.41, 5.74) is 2.66. The maximum Gasteiger partial charge on any atom is 0.255 e. The van der Waals surface area contributed by atoms with E-state index < -0.39 is 6.04 Å². The van der Waals surface area contributed by atoms with Crippen LogP contribution >= 0.6 is 0 Å². The van der Waals surface area contributed by atoms with Crippen LogP contribution in [0.4, 0.5) is 5.69 Å². The Hall–Kier alpha value is -4.00. The molecule has 3 unspecified atom stereocenters. The molecule has 1 aliphatic heterocycles. The zero-order valence-electron chi connectivity index (χ0n) is 20.1. The van der Waals surface area contributed by atoms with Crippen molar-refractivity contribution in [3.63, 3.8) is 0 Å². The van der Waals surface area contributed by atoms with Crippen molar-refractivity contribution in [2.24, 2.45) is 5.92 Å². The van der Waals surface area contributed by atoms with Gasteiger partial charge < -0.3 is 15.5 Å². The van der Waals surface area contributed by atoms with Crippen LogP contribution in [0, 0.1) is 5.92 Å². The van der Waals surface area contributed by atoms with Crippen LogP contribution in [0.1, 0.15) is 58.4 Å². The number of carbonyl (C=O) groups is 3. The first-order chi connectivity index (χ1) is 17.6. The van der Waals surface area contributed by atoms with Crippen molar-refractivity contribution in [2.45, 2.75) is 50.7 Å². The van der Waals surface area contributed by atoms with Gasteiger partial charge in [-0.25, -0.2) is 0 Å². The molecule has 2 N–H and O–H groups in total. The number of anilines is 1. The van der Waals surface area contributed by atoms with Gasteiger partial charge in [-0.3, -0.25) is 19.4 Å². The second kappa shape index (κ2) is 10.7. The van der Waals surface area contributed by atoms with Crippen molar-refractivity contribution in [2.75, 3.05) is 5.32 Å². The fourth-order valence-electron chi connectivity index (χ4n) is 5.49. The van der Waals surface area contributed by atoms with E-state index in [0.29, 0.717) is 35.7 Å². The standard InChI is InChI=1S/C29H30N4O3/c34-27(21-13-15-30-16-14-21)32-24-11-6-7-20(17-24)19-31-28(35)26-18-23-10-4-5-12-25(23)33(26)29(36)22-8-2-1-3-9-22/h1-3,6-9,11,13-17,23,25-26H,4-5,10,12,18-19H2,(H,31,35)(H,32,34). The third-order valence-corrected chi connectivity index (χ3v) is 7.24. The van der Waals surface area contributed by atoms with Crippen LogP contribution in [0.5, 0.6) is 0 Å². The highest BCUT2D eigenvalue weighted by molar-refractivity contribution is 6.04. The third-order valence-electron chi connectivity index (χ3n) is 7.24. The second-order valence-corrected chi connectivity index (χ2v) is 9.55. The smallest absolute Gasteiger partial charge is 0.255 e. The predicted molar refractivity (Wildman–Crippen MR) is 137 cm³/mol. The Balaban J connectivity index is 1.26. The van der Waals surface area contributed by atoms with Gasteiger partial charge in [-0.1, -0.05) is 43.2 Å². The van der Waals surface area contributed by atoms with Crippen molar-refractivity contribution in [3.8, 4) is 0 Å². The number of amides is 3. The van der Waals surface area contributed by atoms with Crippen molar-refractivity contribution in [3.05, 3.63) is 95.8 Å². The Morgan fingerprint density at radius 2 is 1.67 bits per heavy atom. The Morgan fingerprint density at radius 3 is 2.47 bits per heavy atom. The van der Waals surface area contributed by atoms with Crippen LogP contribution in [0.2, 0.25) is 0 Å². The lowest BCUT2D eigenvalue weighted by Gasteiger charge is -2.33. The number of aromatic nitrogens is 1. The maximum atomic E-state index is 13.5. The van der Waals surface area contributed by atoms with Crippen molar-refractivity contribution in [1.82, 2.24) is 15.2 Å². The van der Waals surface area contributed by atoms with E-state index in [1.807, 2.05) is 59.5 Å². The lowest BCUT2D eigenvalue weighted by Crippen LogP contribution is -2.49. The maximum absolute atomic E-state index is 13.5. The van der Waals surface area contributed by atoms with Crippen LogP contribution in [0.3, 0.4) is 0 Å². The number of likely N-dealkylation sites (tertiary alicyclic amines) is 1. The van der Waals surface area contributed by atoms with Crippen molar-refractivity contribution >= 4 is 23.4 Å². The molecule has 2 aliphatic rings. The van der Waals surface area contributed by atoms with E-state index >= 15 is 0 Å². The zero-order chi connectivity index (χ0) is 24.9. The summed E-state index contributed by atoms with van der Waals surface area (Å²) in [7, 11) is 0. The highest BCUT2D eigenvalue weighted by atomic mass is 16.2. The Bertz CT molecular complexity index is 1230. The Kier molecular flexibility index (Phi) is 7.07. The predicted octanol–water partition coefficient (Wildman–Crippen LogP) is 4.42. The summed E-state index contributed by atoms with van der Waals surface area (Å²) < 4.78 is 0. The largest absolute Gasteiger partial charge is 0.350 e. The van der Waals surface area contributed by atoms with Crippen molar-refractivity contribution in [1.29, 1.82) is 0 Å². The molecule has 1 aliphatic carbocycles. The summed E-state index contributed by atoms with van der Waals surface area (Å²) in [6.07, 6.45) is 8.11. The fraction of sp³-hybridized carbons (Fsp3) is 0.310. The number of benzene rings is 2. The summed E-state index contributed by atoms with van der Waals surface area (Å²) in [5.74, 6) is -0.0398. The van der Waals surface area contributed by atoms with Gasteiger partial charge in [0.05, 0.1) is 0 Å². The first-order valence-electron chi connectivity index (χ1n) is 12.6. The Labute approximate surface area is 210 Å². The summed E-state index contributed by atoms with van der Waals surface area (Å²) in [4.78, 5) is 45.1. The van der Waals surface area contributed by atoms with Crippen LogP contribution in [0.25, 0.3) is 0 Å². The SMILES string of the molecule is O=C(Nc1cccc(CNC(=O)C2CC3CCCCC3N2C(=O)c2ccccc2)c1)c1ccncc1. The zero-order valence-corrected chi connectivity index (χ0v) is 20.1. The quantitative estimate of drug-likeness (QED) is 0.544. The van der Waals surface area contributed by atoms with E-state index in [0.717, 1.165) is 31.2 Å². The van der Waals surface area contributed by atoms with Crippen LogP contribution in [-0.2, 0) is 11.3 Å². The molecule has 2 heterocycles. The van der Waals surface area contributed by atoms with Gasteiger partial charge in [0.15, 0.2) is 0 Å². The molecule has 3 aromatic rings. The minimum Gasteiger partial charge on any atom is -0.350 e. The molecule has 1 saturated heterocycles. The molecular weight excluding hydrogens is 452 g/mol. The molecule has 1 saturated carbocycles. The Morgan fingerprint density at radius 1 is 0.889 bits per heavy atom. The number of pyridine rings is 1. The highest BCUT2D eigenvalue weighted by Crippen LogP contribution is 2.40. The summed E-state index contributed by atoms with van der Waals surface area (Å²) in [6, 6.07) is 19.6. The van der Waals surface area contributed by atoms with E-state index in [2.05, 4.69) is 15.6 Å². The molecule has 5 rings (SSSR count). The summed E-state index contributed by atoms with van der Waals surface area (Å²) >= 11 is 0. The fourth-order valence-corrected chi connectivity index (χ4v) is 5.49. The number of carbonyl (C=O) groups excluding carboxylic acids is 3. The van der Waals surface area contributed by atoms with E-state index in [4.69, 9.17) is 0 Å². The number of rotatable bonds is 6. The lowest BCUT2D eigenvalue weighted by atomic mass is 9.84. The lowest BCUT2D eigenvalue weighted by molar-refractivity contribution is -0.125. The monoisotopic (exact) mass is 482 g/mol. The molecule has 0 radical (unpaired) electrons. The molecule has 3 amide bonds. The molecule has 36 heavy (non-hydrogen) atoms. The summed E-state index contributed by atoms with van der Waals surface area (Å²) in [5, 5.41) is 5.93. The normalized spacial score (nSPS) is 20.9. The van der Waals surface area contributed by atoms with Gasteiger partial charge in [0.25, 0.3) is 11.8 Å². The number of nitrogens with zero attached hydrogens (tertiary/aromatic N) is 2. The molecule has 184 valence electrons. The van der Waals surface area contributed by atoms with Gasteiger partial charge in [-0.15, -0.1) is 0 Å². The van der Waals surface area contributed by atoms with Gasteiger partial charge >= 0.3 is 0 Å². The molecule has 2 fully saturated rings. The molecule has 7 nitrogen and oxygen atoms in total. The van der Waals surface area contributed by atoms with Crippen molar-refractivity contribution < 1.29 is 14.4 Å². The minimum absolute atomic E-state index is 0.0639. The van der Waals surface area contributed by atoms with Crippen LogP contribution < -0.4 is 10.6 Å². The van der Waals surface area contributed by atoms with Gasteiger partial charge in [-0.05, 0) is 67.1 Å². The molecule has 1 aromatic heterocycles. The molecule has 3 atom stereocenters. The first-order valence-corrected chi connectivity index (χ1v) is 12.6.